The molecule has 3 heterocycles. The molecule has 0 saturated heterocycles. The molecule has 2 aromatic heterocycles. The minimum Gasteiger partial charge on any atom is -0.469 e. The maximum atomic E-state index is 12.4. The van der Waals surface area contributed by atoms with Crippen molar-refractivity contribution >= 4 is 33.7 Å². The Hall–Kier alpha value is -3.19. The highest BCUT2D eigenvalue weighted by molar-refractivity contribution is 6.08. The fourth-order valence-electron chi connectivity index (χ4n) is 3.61. The first kappa shape index (κ1) is 17.2. The van der Waals surface area contributed by atoms with Crippen molar-refractivity contribution in [1.82, 2.24) is 9.97 Å². The van der Waals surface area contributed by atoms with Gasteiger partial charge >= 0.3 is 11.9 Å². The number of methoxy groups -OCH3 is 1. The summed E-state index contributed by atoms with van der Waals surface area (Å²) in [7, 11) is 1.25. The number of hydrogen-bond acceptors (Lipinski definition) is 6. The van der Waals surface area contributed by atoms with Crippen LogP contribution in [-0.4, -0.2) is 34.1 Å². The standard InChI is InChI=1S/C20H18N2O5/c1-3-11-14(10-16(23)26-2)20(25,27-19(11)24)18-17-13(8-9-21-18)12-6-4-5-7-15(12)22-17/h4-9,22,25H,3,10H2,1-2H3/t20-/m0/s1. The SMILES string of the molecule is CCC1=C(CC(=O)OC)[C@@](O)(c2nccc3c2[nH]c2ccccc23)OC1=O. The van der Waals surface area contributed by atoms with Crippen LogP contribution in [0.4, 0.5) is 0 Å². The fourth-order valence-corrected chi connectivity index (χ4v) is 3.61. The molecule has 1 aromatic carbocycles. The zero-order valence-electron chi connectivity index (χ0n) is 14.9. The van der Waals surface area contributed by atoms with E-state index < -0.39 is 17.7 Å². The number of hydrogen-bond donors (Lipinski definition) is 2. The van der Waals surface area contributed by atoms with Gasteiger partial charge in [-0.1, -0.05) is 25.1 Å². The second-order valence-corrected chi connectivity index (χ2v) is 6.35. The van der Waals surface area contributed by atoms with Gasteiger partial charge in [0.25, 0.3) is 5.79 Å². The number of aliphatic hydroxyl groups is 1. The zero-order valence-corrected chi connectivity index (χ0v) is 14.9. The molecule has 2 N–H and O–H groups in total. The average Bonchev–Trinajstić information content (AvgIpc) is 3.16. The van der Waals surface area contributed by atoms with Gasteiger partial charge < -0.3 is 19.6 Å². The van der Waals surface area contributed by atoms with Gasteiger partial charge in [0.2, 0.25) is 0 Å². The number of H-pyrrole nitrogens is 1. The maximum Gasteiger partial charge on any atom is 0.337 e. The van der Waals surface area contributed by atoms with Crippen LogP contribution in [0.1, 0.15) is 25.5 Å². The second kappa shape index (κ2) is 6.21. The highest BCUT2D eigenvalue weighted by Crippen LogP contribution is 2.44. The number of para-hydroxylation sites is 1. The predicted molar refractivity (Wildman–Crippen MR) is 97.5 cm³/mol. The molecular weight excluding hydrogens is 348 g/mol. The van der Waals surface area contributed by atoms with Gasteiger partial charge in [-0.15, -0.1) is 0 Å². The second-order valence-electron chi connectivity index (χ2n) is 6.35. The Balaban J connectivity index is 1.97. The summed E-state index contributed by atoms with van der Waals surface area (Å²) in [6, 6.07) is 9.49. The number of pyridine rings is 1. The molecule has 1 atom stereocenters. The Labute approximate surface area is 154 Å². The lowest BCUT2D eigenvalue weighted by Crippen LogP contribution is -2.31. The van der Waals surface area contributed by atoms with Crippen LogP contribution in [0, 0.1) is 0 Å². The van der Waals surface area contributed by atoms with E-state index in [9.17, 15) is 14.7 Å². The van der Waals surface area contributed by atoms with E-state index in [1.807, 2.05) is 30.3 Å². The van der Waals surface area contributed by atoms with Gasteiger partial charge in [0.05, 0.1) is 19.0 Å². The van der Waals surface area contributed by atoms with Crippen LogP contribution >= 0.6 is 0 Å². The van der Waals surface area contributed by atoms with Crippen LogP contribution < -0.4 is 0 Å². The molecule has 0 amide bonds. The Kier molecular flexibility index (Phi) is 3.96. The van der Waals surface area contributed by atoms with Crippen molar-refractivity contribution < 1.29 is 24.2 Å². The van der Waals surface area contributed by atoms with Crippen LogP contribution in [0.25, 0.3) is 21.8 Å². The van der Waals surface area contributed by atoms with Gasteiger partial charge in [0.15, 0.2) is 0 Å². The van der Waals surface area contributed by atoms with Crippen LogP contribution in [0.3, 0.4) is 0 Å². The van der Waals surface area contributed by atoms with Crippen molar-refractivity contribution in [2.45, 2.75) is 25.6 Å². The van der Waals surface area contributed by atoms with Crippen LogP contribution in [0.2, 0.25) is 0 Å². The Morgan fingerprint density at radius 1 is 1.30 bits per heavy atom. The Morgan fingerprint density at radius 3 is 2.81 bits per heavy atom. The number of carbonyl (C=O) groups is 2. The van der Waals surface area contributed by atoms with E-state index in [4.69, 9.17) is 9.47 Å². The number of rotatable bonds is 4. The summed E-state index contributed by atoms with van der Waals surface area (Å²) < 4.78 is 10.1. The minimum atomic E-state index is -2.13. The molecule has 3 aromatic rings. The molecule has 0 fully saturated rings. The Morgan fingerprint density at radius 2 is 2.07 bits per heavy atom. The third-order valence-corrected chi connectivity index (χ3v) is 4.91. The third kappa shape index (κ3) is 2.50. The van der Waals surface area contributed by atoms with Crippen molar-refractivity contribution in [1.29, 1.82) is 0 Å². The predicted octanol–water partition coefficient (Wildman–Crippen LogP) is 2.69. The van der Waals surface area contributed by atoms with Crippen LogP contribution in [0.5, 0.6) is 0 Å². The first-order valence-electron chi connectivity index (χ1n) is 8.60. The molecule has 0 saturated carbocycles. The van der Waals surface area contributed by atoms with Crippen molar-refractivity contribution in [3.05, 3.63) is 53.4 Å². The molecule has 27 heavy (non-hydrogen) atoms. The molecule has 7 heteroatoms. The molecule has 138 valence electrons. The number of aromatic nitrogens is 2. The average molecular weight is 366 g/mol. The number of nitrogens with zero attached hydrogens (tertiary/aromatic N) is 1. The van der Waals surface area contributed by atoms with Crippen molar-refractivity contribution in [2.24, 2.45) is 0 Å². The first-order chi connectivity index (χ1) is 13.0. The van der Waals surface area contributed by atoms with Gasteiger partial charge in [-0.05, 0) is 18.6 Å². The summed E-state index contributed by atoms with van der Waals surface area (Å²) >= 11 is 0. The molecule has 4 rings (SSSR count). The van der Waals surface area contributed by atoms with E-state index in [-0.39, 0.29) is 23.3 Å². The van der Waals surface area contributed by atoms with E-state index in [0.717, 1.165) is 16.3 Å². The molecule has 0 unspecified atom stereocenters. The zero-order chi connectivity index (χ0) is 19.2. The number of benzene rings is 1. The van der Waals surface area contributed by atoms with Crippen LogP contribution in [0.15, 0.2) is 47.7 Å². The molecule has 1 aliphatic heterocycles. The summed E-state index contributed by atoms with van der Waals surface area (Å²) in [5.41, 5.74) is 1.99. The molecule has 0 spiro atoms. The lowest BCUT2D eigenvalue weighted by atomic mass is 9.94. The van der Waals surface area contributed by atoms with Gasteiger partial charge in [-0.25, -0.2) is 4.79 Å². The Bertz CT molecular complexity index is 1110. The summed E-state index contributed by atoms with van der Waals surface area (Å²) in [6.07, 6.45) is 1.60. The summed E-state index contributed by atoms with van der Waals surface area (Å²) in [4.78, 5) is 31.8. The highest BCUT2D eigenvalue weighted by atomic mass is 16.7. The topological polar surface area (TPSA) is 102 Å². The normalized spacial score (nSPS) is 19.7. The van der Waals surface area contributed by atoms with Gasteiger partial charge in [0, 0.05) is 33.6 Å². The van der Waals surface area contributed by atoms with Crippen molar-refractivity contribution in [2.75, 3.05) is 7.11 Å². The van der Waals surface area contributed by atoms with Gasteiger partial charge in [-0.3, -0.25) is 9.78 Å². The van der Waals surface area contributed by atoms with Crippen LogP contribution in [-0.2, 0) is 24.8 Å². The number of esters is 2. The molecule has 0 radical (unpaired) electrons. The lowest BCUT2D eigenvalue weighted by molar-refractivity contribution is -0.188. The molecule has 0 aliphatic carbocycles. The van der Waals surface area contributed by atoms with Crippen molar-refractivity contribution in [3.8, 4) is 0 Å². The first-order valence-corrected chi connectivity index (χ1v) is 8.60. The van der Waals surface area contributed by atoms with Gasteiger partial charge in [-0.2, -0.15) is 0 Å². The number of cyclic esters (lactones) is 1. The van der Waals surface area contributed by atoms with Crippen molar-refractivity contribution in [3.63, 3.8) is 0 Å². The van der Waals surface area contributed by atoms with E-state index in [1.54, 1.807) is 13.1 Å². The van der Waals surface area contributed by atoms with E-state index in [0.29, 0.717) is 11.9 Å². The molecule has 7 nitrogen and oxygen atoms in total. The third-order valence-electron chi connectivity index (χ3n) is 4.91. The number of aromatic amines is 1. The van der Waals surface area contributed by atoms with E-state index >= 15 is 0 Å². The fraction of sp³-hybridized carbons (Fsp3) is 0.250. The van der Waals surface area contributed by atoms with E-state index in [2.05, 4.69) is 9.97 Å². The number of nitrogens with one attached hydrogen (secondary N) is 1. The summed E-state index contributed by atoms with van der Waals surface area (Å²) in [5.74, 6) is -3.36. The van der Waals surface area contributed by atoms with Gasteiger partial charge in [0.1, 0.15) is 5.69 Å². The number of ether oxygens (including phenoxy) is 2. The largest absolute Gasteiger partial charge is 0.469 e. The number of fused-ring (bicyclic) bond motifs is 3. The highest BCUT2D eigenvalue weighted by Gasteiger charge is 2.50. The quantitative estimate of drug-likeness (QED) is 0.689. The maximum absolute atomic E-state index is 12.4. The van der Waals surface area contributed by atoms with E-state index in [1.165, 1.54) is 7.11 Å². The summed E-state index contributed by atoms with van der Waals surface area (Å²) in [5, 5.41) is 13.2. The smallest absolute Gasteiger partial charge is 0.337 e. The minimum absolute atomic E-state index is 0.145. The molecule has 0 bridgehead atoms. The lowest BCUT2D eigenvalue weighted by Gasteiger charge is -2.24. The monoisotopic (exact) mass is 366 g/mol. The number of carbonyl (C=O) groups excluding carboxylic acids is 2. The summed E-state index contributed by atoms with van der Waals surface area (Å²) in [6.45, 7) is 1.76. The molecule has 1 aliphatic rings. The molecular formula is C20H18N2O5.